The second kappa shape index (κ2) is 2.74. The molecule has 0 spiro atoms. The first-order valence-electron chi connectivity index (χ1n) is 4.09. The Morgan fingerprint density at radius 1 is 1.42 bits per heavy atom. The molecule has 1 fully saturated rings. The van der Waals surface area contributed by atoms with Crippen LogP contribution in [0.5, 0.6) is 0 Å². The smallest absolute Gasteiger partial charge is 0.0990 e. The Morgan fingerprint density at radius 3 is 2.67 bits per heavy atom. The van der Waals surface area contributed by atoms with Gasteiger partial charge in [0.25, 0.3) is 0 Å². The quantitative estimate of drug-likeness (QED) is 0.662. The summed E-state index contributed by atoms with van der Waals surface area (Å²) in [5, 5.41) is 0.701. The molecule has 0 saturated heterocycles. The Hall–Kier alpha value is -0.560. The van der Waals surface area contributed by atoms with Gasteiger partial charge in [0, 0.05) is 10.4 Å². The van der Waals surface area contributed by atoms with E-state index < -0.39 is 0 Å². The summed E-state index contributed by atoms with van der Waals surface area (Å²) in [5.74, 6) is 0. The van der Waals surface area contributed by atoms with Gasteiger partial charge >= 0.3 is 0 Å². The van der Waals surface area contributed by atoms with Gasteiger partial charge in [-0.3, -0.25) is 4.39 Å². The van der Waals surface area contributed by atoms with Crippen molar-refractivity contribution in [3.63, 3.8) is 0 Å². The molecule has 1 aromatic carbocycles. The highest BCUT2D eigenvalue weighted by molar-refractivity contribution is 6.30. The van der Waals surface area contributed by atoms with Crippen LogP contribution in [0.25, 0.3) is 0 Å². The predicted molar refractivity (Wildman–Crippen MR) is 48.3 cm³/mol. The van der Waals surface area contributed by atoms with E-state index in [-0.39, 0.29) is 12.1 Å². The van der Waals surface area contributed by atoms with Crippen molar-refractivity contribution < 1.29 is 4.39 Å². The lowest BCUT2D eigenvalue weighted by Crippen LogP contribution is -2.08. The zero-order valence-corrected chi connectivity index (χ0v) is 7.44. The highest BCUT2D eigenvalue weighted by Crippen LogP contribution is 2.48. The molecule has 1 aromatic rings. The fourth-order valence-electron chi connectivity index (χ4n) is 1.47. The van der Waals surface area contributed by atoms with Crippen LogP contribution in [-0.2, 0) is 5.41 Å². The molecule has 0 amide bonds. The van der Waals surface area contributed by atoms with Crippen LogP contribution < -0.4 is 0 Å². The monoisotopic (exact) mass is 184 g/mol. The third-order valence-corrected chi connectivity index (χ3v) is 2.78. The second-order valence-corrected chi connectivity index (χ2v) is 3.86. The highest BCUT2D eigenvalue weighted by atomic mass is 35.5. The topological polar surface area (TPSA) is 0 Å². The maximum atomic E-state index is 12.6. The van der Waals surface area contributed by atoms with Crippen LogP contribution in [0, 0.1) is 0 Å². The van der Waals surface area contributed by atoms with Gasteiger partial charge in [0.05, 0.1) is 6.67 Å². The molecule has 2 heteroatoms. The maximum absolute atomic E-state index is 12.6. The van der Waals surface area contributed by atoms with Gasteiger partial charge in [-0.25, -0.2) is 0 Å². The van der Waals surface area contributed by atoms with Gasteiger partial charge in [-0.15, -0.1) is 0 Å². The van der Waals surface area contributed by atoms with Gasteiger partial charge in [0.15, 0.2) is 0 Å². The third kappa shape index (κ3) is 1.22. The van der Waals surface area contributed by atoms with Crippen LogP contribution in [-0.4, -0.2) is 6.67 Å². The molecule has 0 aromatic heterocycles. The summed E-state index contributed by atoms with van der Waals surface area (Å²) in [6, 6.07) is 7.53. The maximum Gasteiger partial charge on any atom is 0.0990 e. The SMILES string of the molecule is FCC1(c2cccc(Cl)c2)CC1. The number of hydrogen-bond acceptors (Lipinski definition) is 0. The standard InChI is InChI=1S/C10H10ClF/c11-9-3-1-2-8(6-9)10(7-12)4-5-10/h1-3,6H,4-5,7H2. The normalized spacial score (nSPS) is 19.2. The molecule has 1 aliphatic carbocycles. The molecule has 1 saturated carbocycles. The average molecular weight is 185 g/mol. The predicted octanol–water partition coefficient (Wildman–Crippen LogP) is 3.34. The Balaban J connectivity index is 2.34. The molecular weight excluding hydrogens is 175 g/mol. The molecule has 0 radical (unpaired) electrons. The molecule has 2 rings (SSSR count). The van der Waals surface area contributed by atoms with Crippen LogP contribution in [0.4, 0.5) is 4.39 Å². The number of halogens is 2. The average Bonchev–Trinajstić information content (AvgIpc) is 2.84. The van der Waals surface area contributed by atoms with E-state index >= 15 is 0 Å². The second-order valence-electron chi connectivity index (χ2n) is 3.42. The molecule has 64 valence electrons. The van der Waals surface area contributed by atoms with Gasteiger partial charge in [-0.05, 0) is 30.5 Å². The highest BCUT2D eigenvalue weighted by Gasteiger charge is 2.44. The Morgan fingerprint density at radius 2 is 2.17 bits per heavy atom. The lowest BCUT2D eigenvalue weighted by molar-refractivity contribution is 0.418. The van der Waals surface area contributed by atoms with Crippen molar-refractivity contribution in [3.05, 3.63) is 34.9 Å². The largest absolute Gasteiger partial charge is 0.250 e. The van der Waals surface area contributed by atoms with Gasteiger partial charge in [0.2, 0.25) is 0 Å². The Kier molecular flexibility index (Phi) is 1.84. The molecule has 0 bridgehead atoms. The minimum absolute atomic E-state index is 0.176. The van der Waals surface area contributed by atoms with Gasteiger partial charge < -0.3 is 0 Å². The fraction of sp³-hybridized carbons (Fsp3) is 0.400. The zero-order valence-electron chi connectivity index (χ0n) is 6.69. The lowest BCUT2D eigenvalue weighted by Gasteiger charge is -2.10. The number of benzene rings is 1. The van der Waals surface area contributed by atoms with E-state index in [1.807, 2.05) is 24.3 Å². The molecule has 0 unspecified atom stereocenters. The van der Waals surface area contributed by atoms with E-state index in [4.69, 9.17) is 11.6 Å². The summed E-state index contributed by atoms with van der Waals surface area (Å²) in [5.41, 5.74) is 0.878. The summed E-state index contributed by atoms with van der Waals surface area (Å²) in [6.45, 7) is -0.257. The summed E-state index contributed by atoms with van der Waals surface area (Å²) in [7, 11) is 0. The summed E-state index contributed by atoms with van der Waals surface area (Å²) >= 11 is 5.81. The van der Waals surface area contributed by atoms with Crippen molar-refractivity contribution in [2.45, 2.75) is 18.3 Å². The van der Waals surface area contributed by atoms with Crippen molar-refractivity contribution >= 4 is 11.6 Å². The van der Waals surface area contributed by atoms with E-state index in [2.05, 4.69) is 0 Å². The van der Waals surface area contributed by atoms with Crippen molar-refractivity contribution in [3.8, 4) is 0 Å². The molecule has 0 atom stereocenters. The minimum Gasteiger partial charge on any atom is -0.250 e. The summed E-state index contributed by atoms with van der Waals surface area (Å²) in [6.07, 6.45) is 1.92. The summed E-state index contributed by atoms with van der Waals surface area (Å²) in [4.78, 5) is 0. The Bertz CT molecular complexity index is 292. The van der Waals surface area contributed by atoms with E-state index in [9.17, 15) is 4.39 Å². The third-order valence-electron chi connectivity index (χ3n) is 2.55. The first-order valence-corrected chi connectivity index (χ1v) is 4.47. The first kappa shape index (κ1) is 8.06. The van der Waals surface area contributed by atoms with Crippen LogP contribution >= 0.6 is 11.6 Å². The van der Waals surface area contributed by atoms with Crippen molar-refractivity contribution in [2.24, 2.45) is 0 Å². The Labute approximate surface area is 76.4 Å². The first-order chi connectivity index (χ1) is 5.77. The van der Waals surface area contributed by atoms with Gasteiger partial charge in [0.1, 0.15) is 0 Å². The molecule has 0 N–H and O–H groups in total. The number of hydrogen-bond donors (Lipinski definition) is 0. The van der Waals surface area contributed by atoms with Crippen molar-refractivity contribution in [1.82, 2.24) is 0 Å². The number of rotatable bonds is 2. The van der Waals surface area contributed by atoms with Crippen LogP contribution in [0.3, 0.4) is 0 Å². The van der Waals surface area contributed by atoms with Crippen molar-refractivity contribution in [2.75, 3.05) is 6.67 Å². The lowest BCUT2D eigenvalue weighted by atomic mass is 9.98. The molecule has 12 heavy (non-hydrogen) atoms. The van der Waals surface area contributed by atoms with Crippen LogP contribution in [0.1, 0.15) is 18.4 Å². The van der Waals surface area contributed by atoms with E-state index in [0.29, 0.717) is 5.02 Å². The molecule has 0 aliphatic heterocycles. The van der Waals surface area contributed by atoms with Crippen LogP contribution in [0.15, 0.2) is 24.3 Å². The fourth-order valence-corrected chi connectivity index (χ4v) is 1.66. The molecule has 0 nitrogen and oxygen atoms in total. The zero-order chi connectivity index (χ0) is 8.60. The molecular formula is C10H10ClF. The van der Waals surface area contributed by atoms with Crippen LogP contribution in [0.2, 0.25) is 5.02 Å². The molecule has 0 heterocycles. The summed E-state index contributed by atoms with van der Waals surface area (Å²) < 4.78 is 12.6. The molecule has 1 aliphatic rings. The van der Waals surface area contributed by atoms with E-state index in [0.717, 1.165) is 18.4 Å². The minimum atomic E-state index is -0.257. The number of alkyl halides is 1. The van der Waals surface area contributed by atoms with E-state index in [1.54, 1.807) is 0 Å². The van der Waals surface area contributed by atoms with E-state index in [1.165, 1.54) is 0 Å². The van der Waals surface area contributed by atoms with Gasteiger partial charge in [-0.2, -0.15) is 0 Å². The van der Waals surface area contributed by atoms with Gasteiger partial charge in [-0.1, -0.05) is 23.7 Å². The van der Waals surface area contributed by atoms with Crippen molar-refractivity contribution in [1.29, 1.82) is 0 Å².